The maximum absolute atomic E-state index is 3.46. The molecule has 18 heavy (non-hydrogen) atoms. The molecule has 0 aliphatic rings. The number of hydrogen-bond acceptors (Lipinski definition) is 0. The van der Waals surface area contributed by atoms with E-state index in [-0.39, 0.29) is 0 Å². The molecule has 0 saturated carbocycles. The molecule has 0 heterocycles. The second-order valence-corrected chi connectivity index (χ2v) is 5.13. The molecule has 2 aromatic rings. The Morgan fingerprint density at radius 2 is 1.67 bits per heavy atom. The fraction of sp³-hybridized carbons (Fsp3) is 0.176. The number of benzene rings is 2. The van der Waals surface area contributed by atoms with E-state index in [0.717, 1.165) is 5.33 Å². The summed E-state index contributed by atoms with van der Waals surface area (Å²) in [6, 6.07) is 15.1. The van der Waals surface area contributed by atoms with Crippen molar-refractivity contribution in [3.05, 3.63) is 70.3 Å². The summed E-state index contributed by atoms with van der Waals surface area (Å²) in [6.07, 6.45) is 4.35. The minimum atomic E-state index is 0.911. The van der Waals surface area contributed by atoms with Gasteiger partial charge in [0.15, 0.2) is 0 Å². The number of hydrogen-bond donors (Lipinski definition) is 0. The van der Waals surface area contributed by atoms with Crippen LogP contribution >= 0.6 is 15.9 Å². The fourth-order valence-electron chi connectivity index (χ4n) is 1.84. The van der Waals surface area contributed by atoms with Gasteiger partial charge in [-0.25, -0.2) is 0 Å². The monoisotopic (exact) mass is 300 g/mol. The van der Waals surface area contributed by atoms with Crippen molar-refractivity contribution < 1.29 is 0 Å². The Morgan fingerprint density at radius 3 is 2.33 bits per heavy atom. The zero-order valence-corrected chi connectivity index (χ0v) is 12.4. The third-order valence-electron chi connectivity index (χ3n) is 3.02. The summed E-state index contributed by atoms with van der Waals surface area (Å²) < 4.78 is 0. The van der Waals surface area contributed by atoms with Gasteiger partial charge in [0, 0.05) is 5.33 Å². The lowest BCUT2D eigenvalue weighted by molar-refractivity contribution is 1.38. The maximum atomic E-state index is 3.46. The first-order chi connectivity index (χ1) is 8.69. The van der Waals surface area contributed by atoms with Crippen LogP contribution < -0.4 is 0 Å². The predicted octanol–water partition coefficient (Wildman–Crippen LogP) is 5.37. The van der Waals surface area contributed by atoms with E-state index in [1.165, 1.54) is 27.8 Å². The summed E-state index contributed by atoms with van der Waals surface area (Å²) in [5, 5.41) is 0.911. The van der Waals surface area contributed by atoms with Gasteiger partial charge >= 0.3 is 0 Å². The van der Waals surface area contributed by atoms with Crippen LogP contribution in [-0.2, 0) is 5.33 Å². The topological polar surface area (TPSA) is 0 Å². The van der Waals surface area contributed by atoms with Gasteiger partial charge in [-0.2, -0.15) is 0 Å². The third-order valence-corrected chi connectivity index (χ3v) is 3.67. The van der Waals surface area contributed by atoms with E-state index in [0.29, 0.717) is 0 Å². The van der Waals surface area contributed by atoms with E-state index in [2.05, 4.69) is 84.4 Å². The Hall–Kier alpha value is -1.34. The number of alkyl halides is 1. The van der Waals surface area contributed by atoms with Gasteiger partial charge in [0.1, 0.15) is 0 Å². The highest BCUT2D eigenvalue weighted by Gasteiger charge is 1.95. The summed E-state index contributed by atoms with van der Waals surface area (Å²) >= 11 is 3.46. The lowest BCUT2D eigenvalue weighted by Gasteiger charge is -2.02. The lowest BCUT2D eigenvalue weighted by Crippen LogP contribution is -1.82. The highest BCUT2D eigenvalue weighted by Crippen LogP contribution is 2.15. The van der Waals surface area contributed by atoms with Gasteiger partial charge in [0.2, 0.25) is 0 Å². The van der Waals surface area contributed by atoms with Gasteiger partial charge < -0.3 is 0 Å². The molecule has 92 valence electrons. The summed E-state index contributed by atoms with van der Waals surface area (Å²) in [5.41, 5.74) is 6.45. The van der Waals surface area contributed by atoms with Gasteiger partial charge in [0.05, 0.1) is 0 Å². The van der Waals surface area contributed by atoms with Crippen molar-refractivity contribution in [2.45, 2.75) is 19.2 Å². The van der Waals surface area contributed by atoms with Crippen LogP contribution in [0.25, 0.3) is 12.2 Å². The van der Waals surface area contributed by atoms with E-state index in [1.807, 2.05) is 0 Å². The van der Waals surface area contributed by atoms with Gasteiger partial charge in [-0.15, -0.1) is 0 Å². The van der Waals surface area contributed by atoms with E-state index >= 15 is 0 Å². The third kappa shape index (κ3) is 3.33. The van der Waals surface area contributed by atoms with Gasteiger partial charge in [-0.05, 0) is 36.1 Å². The second kappa shape index (κ2) is 6.01. The minimum absolute atomic E-state index is 0.911. The van der Waals surface area contributed by atoms with Gasteiger partial charge in [-0.1, -0.05) is 76.1 Å². The molecule has 0 radical (unpaired) electrons. The van der Waals surface area contributed by atoms with E-state index in [1.54, 1.807) is 0 Å². The van der Waals surface area contributed by atoms with E-state index in [9.17, 15) is 0 Å². The van der Waals surface area contributed by atoms with E-state index < -0.39 is 0 Å². The minimum Gasteiger partial charge on any atom is -0.0876 e. The summed E-state index contributed by atoms with van der Waals surface area (Å²) in [5.74, 6) is 0. The summed E-state index contributed by atoms with van der Waals surface area (Å²) in [6.45, 7) is 4.27. The standard InChI is InChI=1S/C17H17Br/c1-13-3-4-14(2)17(11-13)10-9-15-5-7-16(12-18)8-6-15/h3-11H,12H2,1-2H3/b10-9+. The average molecular weight is 301 g/mol. The van der Waals surface area contributed by atoms with Crippen molar-refractivity contribution in [2.75, 3.05) is 0 Å². The number of rotatable bonds is 3. The van der Waals surface area contributed by atoms with Gasteiger partial charge in [0.25, 0.3) is 0 Å². The number of halogens is 1. The summed E-state index contributed by atoms with van der Waals surface area (Å²) in [7, 11) is 0. The molecule has 0 nitrogen and oxygen atoms in total. The molecular formula is C17H17Br. The van der Waals surface area contributed by atoms with Crippen molar-refractivity contribution in [1.82, 2.24) is 0 Å². The molecule has 1 heteroatoms. The Morgan fingerprint density at radius 1 is 0.944 bits per heavy atom. The van der Waals surface area contributed by atoms with Crippen LogP contribution in [0.3, 0.4) is 0 Å². The average Bonchev–Trinajstić information content (AvgIpc) is 2.40. The quantitative estimate of drug-likeness (QED) is 0.528. The van der Waals surface area contributed by atoms with Crippen LogP contribution in [0.5, 0.6) is 0 Å². The molecule has 0 aromatic heterocycles. The van der Waals surface area contributed by atoms with Crippen molar-refractivity contribution in [3.63, 3.8) is 0 Å². The highest BCUT2D eigenvalue weighted by atomic mass is 79.9. The number of aryl methyl sites for hydroxylation is 2. The Bertz CT molecular complexity index is 550. The van der Waals surface area contributed by atoms with Crippen LogP contribution in [0, 0.1) is 13.8 Å². The smallest absolute Gasteiger partial charge is 0.0283 e. The zero-order valence-electron chi connectivity index (χ0n) is 10.8. The van der Waals surface area contributed by atoms with Crippen molar-refractivity contribution in [3.8, 4) is 0 Å². The summed E-state index contributed by atoms with van der Waals surface area (Å²) in [4.78, 5) is 0. The molecular weight excluding hydrogens is 284 g/mol. The van der Waals surface area contributed by atoms with Crippen LogP contribution in [0.15, 0.2) is 42.5 Å². The molecule has 0 saturated heterocycles. The molecule has 0 unspecified atom stereocenters. The molecule has 2 aromatic carbocycles. The van der Waals surface area contributed by atoms with Crippen LogP contribution in [0.4, 0.5) is 0 Å². The first-order valence-corrected chi connectivity index (χ1v) is 7.21. The Balaban J connectivity index is 2.21. The highest BCUT2D eigenvalue weighted by molar-refractivity contribution is 9.08. The molecule has 0 spiro atoms. The van der Waals surface area contributed by atoms with Crippen LogP contribution in [-0.4, -0.2) is 0 Å². The first kappa shape index (κ1) is 13.1. The van der Waals surface area contributed by atoms with Crippen molar-refractivity contribution in [2.24, 2.45) is 0 Å². The molecule has 0 fully saturated rings. The van der Waals surface area contributed by atoms with Crippen LogP contribution in [0.1, 0.15) is 27.8 Å². The molecule has 0 bridgehead atoms. The normalized spacial score (nSPS) is 11.1. The molecule has 0 aliphatic heterocycles. The molecule has 2 rings (SSSR count). The van der Waals surface area contributed by atoms with Gasteiger partial charge in [-0.3, -0.25) is 0 Å². The molecule has 0 amide bonds. The predicted molar refractivity (Wildman–Crippen MR) is 83.9 cm³/mol. The Kier molecular flexibility index (Phi) is 4.38. The maximum Gasteiger partial charge on any atom is 0.0283 e. The zero-order chi connectivity index (χ0) is 13.0. The second-order valence-electron chi connectivity index (χ2n) is 4.57. The Labute approximate surface area is 117 Å². The van der Waals surface area contributed by atoms with Crippen molar-refractivity contribution >= 4 is 28.1 Å². The molecule has 0 N–H and O–H groups in total. The molecule has 0 atom stereocenters. The first-order valence-electron chi connectivity index (χ1n) is 6.09. The molecule has 0 aliphatic carbocycles. The largest absolute Gasteiger partial charge is 0.0876 e. The SMILES string of the molecule is Cc1ccc(C)c(/C=C/c2ccc(CBr)cc2)c1. The lowest BCUT2D eigenvalue weighted by atomic mass is 10.0. The fourth-order valence-corrected chi connectivity index (χ4v) is 2.22. The van der Waals surface area contributed by atoms with E-state index in [4.69, 9.17) is 0 Å². The van der Waals surface area contributed by atoms with Crippen LogP contribution in [0.2, 0.25) is 0 Å². The van der Waals surface area contributed by atoms with Crippen molar-refractivity contribution in [1.29, 1.82) is 0 Å².